The van der Waals surface area contributed by atoms with Crippen LogP contribution in [0.15, 0.2) is 23.4 Å². The van der Waals surface area contributed by atoms with Crippen LogP contribution in [0.1, 0.15) is 5.56 Å². The molecule has 0 fully saturated rings. The second kappa shape index (κ2) is 2.62. The molecule has 1 aromatic heterocycles. The Kier molecular flexibility index (Phi) is 1.95. The average Bonchev–Trinajstić information content (AvgIpc) is 1.86. The van der Waals surface area contributed by atoms with Gasteiger partial charge < -0.3 is 0 Å². The molecule has 0 unspecified atom stereocenters. The van der Waals surface area contributed by atoms with Crippen LogP contribution in [0.5, 0.6) is 0 Å². The smallest absolute Gasteiger partial charge is 0.192 e. The van der Waals surface area contributed by atoms with Crippen molar-refractivity contribution < 1.29 is 8.42 Å². The van der Waals surface area contributed by atoms with Gasteiger partial charge in [-0.25, -0.2) is 13.4 Å². The van der Waals surface area contributed by atoms with E-state index in [9.17, 15) is 8.42 Å². The Balaban J connectivity index is 3.20. The van der Waals surface area contributed by atoms with Gasteiger partial charge in [0.1, 0.15) is 0 Å². The predicted octanol–water partition coefficient (Wildman–Crippen LogP) is 0.667. The summed E-state index contributed by atoms with van der Waals surface area (Å²) in [7, 11) is -3.16. The van der Waals surface area contributed by atoms with E-state index in [0.717, 1.165) is 6.26 Å². The maximum absolute atomic E-state index is 10.9. The molecular weight excluding hydrogens is 162 g/mol. The lowest BCUT2D eigenvalue weighted by atomic mass is 10.3. The van der Waals surface area contributed by atoms with Crippen molar-refractivity contribution in [3.63, 3.8) is 0 Å². The van der Waals surface area contributed by atoms with Crippen molar-refractivity contribution >= 4 is 9.84 Å². The molecule has 0 N–H and O–H groups in total. The van der Waals surface area contributed by atoms with Crippen molar-refractivity contribution in [2.45, 2.75) is 5.03 Å². The molecular formula is C7H8NO2S. The minimum Gasteiger partial charge on any atom is -0.244 e. The van der Waals surface area contributed by atoms with Crippen molar-refractivity contribution in [2.75, 3.05) is 6.26 Å². The first-order valence-corrected chi connectivity index (χ1v) is 4.87. The van der Waals surface area contributed by atoms with Crippen LogP contribution >= 0.6 is 0 Å². The van der Waals surface area contributed by atoms with E-state index in [2.05, 4.69) is 11.9 Å². The fourth-order valence-corrected chi connectivity index (χ4v) is 1.19. The SMILES string of the molecule is [CH2]c1ccc(S(C)(=O)=O)nc1. The minimum absolute atomic E-state index is 0.0879. The molecule has 4 heteroatoms. The van der Waals surface area contributed by atoms with Crippen LogP contribution < -0.4 is 0 Å². The molecule has 0 atom stereocenters. The van der Waals surface area contributed by atoms with Crippen LogP contribution in [0.2, 0.25) is 0 Å². The minimum atomic E-state index is -3.16. The highest BCUT2D eigenvalue weighted by atomic mass is 32.2. The van der Waals surface area contributed by atoms with Gasteiger partial charge in [-0.05, 0) is 18.6 Å². The second-order valence-electron chi connectivity index (χ2n) is 2.28. The molecule has 0 amide bonds. The Labute approximate surface area is 66.0 Å². The van der Waals surface area contributed by atoms with Gasteiger partial charge in [0, 0.05) is 12.5 Å². The molecule has 0 spiro atoms. The standard InChI is InChI=1S/C7H8NO2S/c1-6-3-4-7(8-5-6)11(2,9)10/h3-5H,1H2,2H3. The van der Waals surface area contributed by atoms with Crippen LogP contribution in [-0.4, -0.2) is 19.7 Å². The molecule has 0 saturated carbocycles. The van der Waals surface area contributed by atoms with E-state index in [1.165, 1.54) is 12.3 Å². The summed E-state index contributed by atoms with van der Waals surface area (Å²) >= 11 is 0. The van der Waals surface area contributed by atoms with Gasteiger partial charge in [-0.1, -0.05) is 6.07 Å². The summed E-state index contributed by atoms with van der Waals surface area (Å²) in [5, 5.41) is 0.0879. The molecule has 11 heavy (non-hydrogen) atoms. The fraction of sp³-hybridized carbons (Fsp3) is 0.143. The zero-order valence-electron chi connectivity index (χ0n) is 6.11. The summed E-state index contributed by atoms with van der Waals surface area (Å²) in [5.74, 6) is 0. The number of sulfone groups is 1. The van der Waals surface area contributed by atoms with E-state index in [4.69, 9.17) is 0 Å². The quantitative estimate of drug-likeness (QED) is 0.622. The summed E-state index contributed by atoms with van der Waals surface area (Å²) in [6.07, 6.45) is 2.55. The second-order valence-corrected chi connectivity index (χ2v) is 4.24. The monoisotopic (exact) mass is 170 g/mol. The van der Waals surface area contributed by atoms with Crippen molar-refractivity contribution in [3.05, 3.63) is 30.8 Å². The Bertz CT molecular complexity index is 339. The van der Waals surface area contributed by atoms with Gasteiger partial charge in [0.05, 0.1) is 0 Å². The van der Waals surface area contributed by atoms with E-state index in [0.29, 0.717) is 5.56 Å². The molecule has 3 nitrogen and oxygen atoms in total. The first-order chi connectivity index (χ1) is 5.00. The molecule has 0 aliphatic heterocycles. The molecule has 1 radical (unpaired) electrons. The predicted molar refractivity (Wildman–Crippen MR) is 41.8 cm³/mol. The number of nitrogens with zero attached hydrogens (tertiary/aromatic N) is 1. The van der Waals surface area contributed by atoms with Crippen LogP contribution in [0.3, 0.4) is 0 Å². The molecule has 59 valence electrons. The lowest BCUT2D eigenvalue weighted by Gasteiger charge is -1.95. The molecule has 1 aromatic rings. The van der Waals surface area contributed by atoms with Crippen molar-refractivity contribution in [3.8, 4) is 0 Å². The van der Waals surface area contributed by atoms with Crippen molar-refractivity contribution in [1.29, 1.82) is 0 Å². The van der Waals surface area contributed by atoms with Crippen LogP contribution in [0.4, 0.5) is 0 Å². The summed E-state index contributed by atoms with van der Waals surface area (Å²) in [4.78, 5) is 3.70. The summed E-state index contributed by atoms with van der Waals surface area (Å²) in [6, 6.07) is 3.06. The summed E-state index contributed by atoms with van der Waals surface area (Å²) in [5.41, 5.74) is 0.706. The van der Waals surface area contributed by atoms with Crippen LogP contribution in [-0.2, 0) is 9.84 Å². The zero-order valence-corrected chi connectivity index (χ0v) is 6.93. The highest BCUT2D eigenvalue weighted by Crippen LogP contribution is 2.04. The molecule has 1 heterocycles. The maximum Gasteiger partial charge on any atom is 0.192 e. The maximum atomic E-state index is 10.9. The van der Waals surface area contributed by atoms with Gasteiger partial charge in [0.25, 0.3) is 0 Å². The molecule has 0 bridgehead atoms. The number of pyridine rings is 1. The van der Waals surface area contributed by atoms with Gasteiger partial charge in [0.15, 0.2) is 14.9 Å². The number of hydrogen-bond donors (Lipinski definition) is 0. The number of hydrogen-bond acceptors (Lipinski definition) is 3. The summed E-state index contributed by atoms with van der Waals surface area (Å²) in [6.45, 7) is 3.59. The highest BCUT2D eigenvalue weighted by molar-refractivity contribution is 7.90. The Morgan fingerprint density at radius 2 is 2.09 bits per heavy atom. The van der Waals surface area contributed by atoms with Crippen LogP contribution in [0.25, 0.3) is 0 Å². The van der Waals surface area contributed by atoms with Gasteiger partial charge in [-0.15, -0.1) is 0 Å². The van der Waals surface area contributed by atoms with Gasteiger partial charge in [0.2, 0.25) is 0 Å². The third-order valence-corrected chi connectivity index (χ3v) is 2.18. The highest BCUT2D eigenvalue weighted by Gasteiger charge is 2.06. The third-order valence-electron chi connectivity index (χ3n) is 1.18. The van der Waals surface area contributed by atoms with E-state index in [1.807, 2.05) is 0 Å². The molecule has 0 aromatic carbocycles. The first kappa shape index (κ1) is 8.20. The Hall–Kier alpha value is -0.900. The molecule has 0 aliphatic carbocycles. The van der Waals surface area contributed by atoms with Crippen molar-refractivity contribution in [1.82, 2.24) is 4.98 Å². The normalized spacial score (nSPS) is 11.5. The van der Waals surface area contributed by atoms with E-state index in [-0.39, 0.29) is 5.03 Å². The fourth-order valence-electron chi connectivity index (χ4n) is 0.630. The van der Waals surface area contributed by atoms with E-state index in [1.54, 1.807) is 6.07 Å². The molecule has 1 rings (SSSR count). The molecule has 0 aliphatic rings. The third kappa shape index (κ3) is 2.01. The Morgan fingerprint density at radius 3 is 2.45 bits per heavy atom. The topological polar surface area (TPSA) is 47.0 Å². The van der Waals surface area contributed by atoms with Crippen molar-refractivity contribution in [2.24, 2.45) is 0 Å². The lowest BCUT2D eigenvalue weighted by molar-refractivity contribution is 0.598. The first-order valence-electron chi connectivity index (χ1n) is 2.98. The number of rotatable bonds is 1. The summed E-state index contributed by atoms with van der Waals surface area (Å²) < 4.78 is 21.7. The van der Waals surface area contributed by atoms with E-state index < -0.39 is 9.84 Å². The van der Waals surface area contributed by atoms with E-state index >= 15 is 0 Å². The average molecular weight is 170 g/mol. The van der Waals surface area contributed by atoms with Gasteiger partial charge in [-0.2, -0.15) is 0 Å². The van der Waals surface area contributed by atoms with Gasteiger partial charge >= 0.3 is 0 Å². The molecule has 0 saturated heterocycles. The Morgan fingerprint density at radius 1 is 1.45 bits per heavy atom. The van der Waals surface area contributed by atoms with Gasteiger partial charge in [-0.3, -0.25) is 0 Å². The van der Waals surface area contributed by atoms with Crippen LogP contribution in [0, 0.1) is 6.92 Å². The largest absolute Gasteiger partial charge is 0.244 e. The lowest BCUT2D eigenvalue weighted by Crippen LogP contribution is -1.99. The number of aromatic nitrogens is 1. The zero-order chi connectivity index (χ0) is 8.48.